The maximum Gasteiger partial charge on any atom is 0.271 e. The minimum atomic E-state index is -0.402. The average Bonchev–Trinajstić information content (AvgIpc) is 2.43. The van der Waals surface area contributed by atoms with E-state index in [0.29, 0.717) is 11.1 Å². The highest BCUT2D eigenvalue weighted by Crippen LogP contribution is 2.13. The van der Waals surface area contributed by atoms with Gasteiger partial charge in [0.1, 0.15) is 5.82 Å². The Labute approximate surface area is 118 Å². The lowest BCUT2D eigenvalue weighted by Crippen LogP contribution is -2.17. The maximum absolute atomic E-state index is 13.4. The van der Waals surface area contributed by atoms with E-state index in [2.05, 4.69) is 26.5 Å². The first kappa shape index (κ1) is 13.4. The first-order valence-corrected chi connectivity index (χ1v) is 6.29. The maximum atomic E-state index is 13.4. The Balaban J connectivity index is 2.04. The summed E-state index contributed by atoms with van der Waals surface area (Å²) in [6.45, 7) is 0. The van der Waals surface area contributed by atoms with E-state index in [9.17, 15) is 9.18 Å². The first-order valence-electron chi connectivity index (χ1n) is 5.50. The zero-order valence-corrected chi connectivity index (χ0v) is 11.4. The van der Waals surface area contributed by atoms with Gasteiger partial charge in [-0.05, 0) is 30.3 Å². The van der Waals surface area contributed by atoms with Crippen LogP contribution in [0.15, 0.2) is 58.1 Å². The summed E-state index contributed by atoms with van der Waals surface area (Å²) in [4.78, 5) is 11.7. The Morgan fingerprint density at radius 3 is 2.68 bits per heavy atom. The van der Waals surface area contributed by atoms with Gasteiger partial charge in [-0.2, -0.15) is 5.10 Å². The van der Waals surface area contributed by atoms with Gasteiger partial charge in [-0.1, -0.05) is 34.1 Å². The van der Waals surface area contributed by atoms with Gasteiger partial charge >= 0.3 is 0 Å². The van der Waals surface area contributed by atoms with Crippen molar-refractivity contribution in [2.24, 2.45) is 5.10 Å². The van der Waals surface area contributed by atoms with Gasteiger partial charge in [-0.3, -0.25) is 4.79 Å². The van der Waals surface area contributed by atoms with Crippen LogP contribution in [0.25, 0.3) is 0 Å². The molecule has 0 spiro atoms. The van der Waals surface area contributed by atoms with Gasteiger partial charge in [0.25, 0.3) is 5.91 Å². The van der Waals surface area contributed by atoms with E-state index in [4.69, 9.17) is 0 Å². The molecule has 0 atom stereocenters. The molecule has 2 aromatic carbocycles. The van der Waals surface area contributed by atoms with Gasteiger partial charge in [-0.25, -0.2) is 9.82 Å². The number of hydrogen-bond acceptors (Lipinski definition) is 2. The Morgan fingerprint density at radius 1 is 1.21 bits per heavy atom. The molecule has 3 nitrogen and oxygen atoms in total. The minimum absolute atomic E-state index is 0.294. The van der Waals surface area contributed by atoms with E-state index in [1.807, 2.05) is 6.07 Å². The summed E-state index contributed by atoms with van der Waals surface area (Å²) < 4.78 is 14.1. The molecular weight excluding hydrogens is 311 g/mol. The van der Waals surface area contributed by atoms with E-state index in [1.54, 1.807) is 36.4 Å². The van der Waals surface area contributed by atoms with Crippen molar-refractivity contribution in [3.8, 4) is 0 Å². The summed E-state index contributed by atoms with van der Waals surface area (Å²) in [5, 5.41) is 3.73. The lowest BCUT2D eigenvalue weighted by Gasteiger charge is -2.00. The van der Waals surface area contributed by atoms with Crippen molar-refractivity contribution in [3.63, 3.8) is 0 Å². The fourth-order valence-corrected chi connectivity index (χ4v) is 1.81. The smallest absolute Gasteiger partial charge is 0.267 e. The van der Waals surface area contributed by atoms with Crippen LogP contribution >= 0.6 is 15.9 Å². The third-order valence-corrected chi connectivity index (χ3v) is 2.86. The molecule has 96 valence electrons. The number of carbonyl (C=O) groups excluding carboxylic acids is 1. The number of nitrogens with one attached hydrogen (secondary N) is 1. The molecule has 0 aliphatic rings. The van der Waals surface area contributed by atoms with E-state index < -0.39 is 5.82 Å². The third kappa shape index (κ3) is 3.72. The van der Waals surface area contributed by atoms with Gasteiger partial charge in [0.15, 0.2) is 0 Å². The fraction of sp³-hybridized carbons (Fsp3) is 0. The quantitative estimate of drug-likeness (QED) is 0.684. The molecular formula is C14H10BrFN2O. The van der Waals surface area contributed by atoms with Gasteiger partial charge in [0.05, 0.1) is 6.21 Å². The monoisotopic (exact) mass is 320 g/mol. The molecule has 1 N–H and O–H groups in total. The Hall–Kier alpha value is -2.01. The number of benzene rings is 2. The Kier molecular flexibility index (Phi) is 4.41. The van der Waals surface area contributed by atoms with Crippen LogP contribution in [-0.2, 0) is 0 Å². The molecule has 0 heterocycles. The molecule has 0 unspecified atom stereocenters. The van der Waals surface area contributed by atoms with Crippen molar-refractivity contribution in [1.29, 1.82) is 0 Å². The van der Waals surface area contributed by atoms with Crippen LogP contribution in [0.2, 0.25) is 0 Å². The van der Waals surface area contributed by atoms with Gasteiger partial charge in [-0.15, -0.1) is 0 Å². The molecule has 0 saturated heterocycles. The lowest BCUT2D eigenvalue weighted by molar-refractivity contribution is 0.0955. The lowest BCUT2D eigenvalue weighted by atomic mass is 10.2. The number of rotatable bonds is 3. The second-order valence-corrected chi connectivity index (χ2v) is 4.65. The van der Waals surface area contributed by atoms with Crippen molar-refractivity contribution in [3.05, 3.63) is 69.9 Å². The van der Waals surface area contributed by atoms with Gasteiger partial charge in [0, 0.05) is 15.6 Å². The number of hydrazone groups is 1. The summed E-state index contributed by atoms with van der Waals surface area (Å²) in [6, 6.07) is 13.2. The van der Waals surface area contributed by atoms with Crippen LogP contribution in [0, 0.1) is 5.82 Å². The molecule has 0 aromatic heterocycles. The number of carbonyl (C=O) groups is 1. The molecule has 0 aliphatic carbocycles. The van der Waals surface area contributed by atoms with E-state index in [0.717, 1.165) is 4.47 Å². The van der Waals surface area contributed by atoms with Crippen LogP contribution < -0.4 is 5.43 Å². The van der Waals surface area contributed by atoms with Crippen LogP contribution in [0.4, 0.5) is 4.39 Å². The highest BCUT2D eigenvalue weighted by molar-refractivity contribution is 9.10. The largest absolute Gasteiger partial charge is 0.271 e. The standard InChI is InChI=1S/C14H10BrFN2O/c15-12-6-7-13(16)11(8-12)9-17-18-14(19)10-4-2-1-3-5-10/h1-9H,(H,18,19)/b17-9+. The normalized spacial score (nSPS) is 10.6. The van der Waals surface area contributed by atoms with Crippen LogP contribution in [-0.4, -0.2) is 12.1 Å². The topological polar surface area (TPSA) is 41.5 Å². The molecule has 0 saturated carbocycles. The predicted octanol–water partition coefficient (Wildman–Crippen LogP) is 3.35. The van der Waals surface area contributed by atoms with Crippen molar-refractivity contribution in [1.82, 2.24) is 5.43 Å². The zero-order valence-electron chi connectivity index (χ0n) is 9.81. The molecule has 0 bridgehead atoms. The van der Waals surface area contributed by atoms with E-state index >= 15 is 0 Å². The van der Waals surface area contributed by atoms with E-state index in [1.165, 1.54) is 12.3 Å². The molecule has 5 heteroatoms. The summed E-state index contributed by atoms with van der Waals surface area (Å²) >= 11 is 3.24. The van der Waals surface area contributed by atoms with Crippen LogP contribution in [0.3, 0.4) is 0 Å². The van der Waals surface area contributed by atoms with Crippen LogP contribution in [0.5, 0.6) is 0 Å². The molecule has 2 aromatic rings. The minimum Gasteiger partial charge on any atom is -0.267 e. The van der Waals surface area contributed by atoms with Crippen molar-refractivity contribution >= 4 is 28.1 Å². The first-order chi connectivity index (χ1) is 9.16. The van der Waals surface area contributed by atoms with Crippen LogP contribution in [0.1, 0.15) is 15.9 Å². The van der Waals surface area contributed by atoms with E-state index in [-0.39, 0.29) is 5.91 Å². The summed E-state index contributed by atoms with van der Waals surface area (Å²) in [6.07, 6.45) is 1.26. The summed E-state index contributed by atoms with van der Waals surface area (Å²) in [5.41, 5.74) is 3.13. The average molecular weight is 321 g/mol. The summed E-state index contributed by atoms with van der Waals surface area (Å²) in [5.74, 6) is -0.742. The second kappa shape index (κ2) is 6.24. The predicted molar refractivity (Wildman–Crippen MR) is 75.6 cm³/mol. The molecule has 0 radical (unpaired) electrons. The Morgan fingerprint density at radius 2 is 1.95 bits per heavy atom. The molecule has 0 aliphatic heterocycles. The third-order valence-electron chi connectivity index (χ3n) is 2.36. The summed E-state index contributed by atoms with van der Waals surface area (Å²) in [7, 11) is 0. The number of amides is 1. The van der Waals surface area contributed by atoms with Gasteiger partial charge in [0.2, 0.25) is 0 Å². The second-order valence-electron chi connectivity index (χ2n) is 3.73. The molecule has 1 amide bonds. The molecule has 0 fully saturated rings. The van der Waals surface area contributed by atoms with Gasteiger partial charge < -0.3 is 0 Å². The van der Waals surface area contributed by atoms with Crippen molar-refractivity contribution < 1.29 is 9.18 Å². The zero-order chi connectivity index (χ0) is 13.7. The van der Waals surface area contributed by atoms with Crippen molar-refractivity contribution in [2.45, 2.75) is 0 Å². The Bertz CT molecular complexity index is 614. The number of hydrogen-bond donors (Lipinski definition) is 1. The number of halogens is 2. The highest BCUT2D eigenvalue weighted by atomic mass is 79.9. The SMILES string of the molecule is O=C(N/N=C/c1cc(Br)ccc1F)c1ccccc1. The molecule has 19 heavy (non-hydrogen) atoms. The number of nitrogens with zero attached hydrogens (tertiary/aromatic N) is 1. The fourth-order valence-electron chi connectivity index (χ4n) is 1.43. The van der Waals surface area contributed by atoms with Crippen molar-refractivity contribution in [2.75, 3.05) is 0 Å². The highest BCUT2D eigenvalue weighted by Gasteiger charge is 2.03. The molecule has 2 rings (SSSR count).